The third kappa shape index (κ3) is 1.66. The Morgan fingerprint density at radius 2 is 2.11 bits per heavy atom. The van der Waals surface area contributed by atoms with Gasteiger partial charge in [0.15, 0.2) is 0 Å². The SMILES string of the molecule is NC(N)C1C=CC=CC1. The van der Waals surface area contributed by atoms with E-state index in [4.69, 9.17) is 11.5 Å². The van der Waals surface area contributed by atoms with Gasteiger partial charge in [-0.3, -0.25) is 0 Å². The molecule has 0 aromatic rings. The lowest BCUT2D eigenvalue weighted by Crippen LogP contribution is -2.37. The van der Waals surface area contributed by atoms with Gasteiger partial charge in [-0.1, -0.05) is 24.3 Å². The number of hydrogen-bond acceptors (Lipinski definition) is 2. The summed E-state index contributed by atoms with van der Waals surface area (Å²) in [6.45, 7) is 0. The molecule has 50 valence electrons. The monoisotopic (exact) mass is 124 g/mol. The fourth-order valence-corrected chi connectivity index (χ4v) is 0.885. The molecular formula is C7H12N2. The molecule has 0 aliphatic heterocycles. The molecule has 1 aliphatic carbocycles. The molecule has 0 amide bonds. The van der Waals surface area contributed by atoms with Crippen LogP contribution in [0.25, 0.3) is 0 Å². The lowest BCUT2D eigenvalue weighted by atomic mass is 9.99. The van der Waals surface area contributed by atoms with Gasteiger partial charge in [0.2, 0.25) is 0 Å². The minimum atomic E-state index is -0.203. The van der Waals surface area contributed by atoms with E-state index < -0.39 is 0 Å². The van der Waals surface area contributed by atoms with Crippen LogP contribution in [0.15, 0.2) is 24.3 Å². The molecule has 0 radical (unpaired) electrons. The summed E-state index contributed by atoms with van der Waals surface area (Å²) in [6.07, 6.45) is 8.90. The topological polar surface area (TPSA) is 52.0 Å². The Bertz CT molecular complexity index is 136. The Morgan fingerprint density at radius 3 is 2.44 bits per heavy atom. The summed E-state index contributed by atoms with van der Waals surface area (Å²) in [5, 5.41) is 0. The molecule has 0 bridgehead atoms. The number of hydrogen-bond donors (Lipinski definition) is 2. The maximum Gasteiger partial charge on any atom is 0.0588 e. The van der Waals surface area contributed by atoms with Crippen molar-refractivity contribution in [3.8, 4) is 0 Å². The third-order valence-electron chi connectivity index (χ3n) is 1.51. The molecule has 1 rings (SSSR count). The second kappa shape index (κ2) is 2.80. The van der Waals surface area contributed by atoms with E-state index >= 15 is 0 Å². The summed E-state index contributed by atoms with van der Waals surface area (Å²) >= 11 is 0. The van der Waals surface area contributed by atoms with Crippen LogP contribution >= 0.6 is 0 Å². The zero-order valence-corrected chi connectivity index (χ0v) is 5.33. The van der Waals surface area contributed by atoms with Crippen molar-refractivity contribution < 1.29 is 0 Å². The molecule has 0 spiro atoms. The molecule has 1 atom stereocenters. The van der Waals surface area contributed by atoms with E-state index in [0.717, 1.165) is 6.42 Å². The smallest absolute Gasteiger partial charge is 0.0588 e. The zero-order valence-electron chi connectivity index (χ0n) is 5.33. The van der Waals surface area contributed by atoms with E-state index in [-0.39, 0.29) is 6.17 Å². The molecule has 1 aliphatic rings. The van der Waals surface area contributed by atoms with Gasteiger partial charge in [-0.25, -0.2) is 0 Å². The van der Waals surface area contributed by atoms with Gasteiger partial charge >= 0.3 is 0 Å². The summed E-state index contributed by atoms with van der Waals surface area (Å²) in [5.74, 6) is 0.343. The largest absolute Gasteiger partial charge is 0.316 e. The quantitative estimate of drug-likeness (QED) is 0.496. The van der Waals surface area contributed by atoms with Crippen molar-refractivity contribution in [2.75, 3.05) is 0 Å². The lowest BCUT2D eigenvalue weighted by Gasteiger charge is -2.15. The lowest BCUT2D eigenvalue weighted by molar-refractivity contribution is 0.518. The van der Waals surface area contributed by atoms with Crippen LogP contribution in [0.4, 0.5) is 0 Å². The van der Waals surface area contributed by atoms with E-state index in [1.165, 1.54) is 0 Å². The van der Waals surface area contributed by atoms with E-state index in [2.05, 4.69) is 6.08 Å². The van der Waals surface area contributed by atoms with E-state index in [1.54, 1.807) is 0 Å². The van der Waals surface area contributed by atoms with Crippen molar-refractivity contribution in [2.24, 2.45) is 17.4 Å². The third-order valence-corrected chi connectivity index (χ3v) is 1.51. The van der Waals surface area contributed by atoms with Gasteiger partial charge < -0.3 is 11.5 Å². The Balaban J connectivity index is 2.46. The highest BCUT2D eigenvalue weighted by atomic mass is 14.9. The van der Waals surface area contributed by atoms with Crippen molar-refractivity contribution in [3.05, 3.63) is 24.3 Å². The molecule has 0 saturated heterocycles. The van der Waals surface area contributed by atoms with Gasteiger partial charge in [-0.15, -0.1) is 0 Å². The van der Waals surface area contributed by atoms with E-state index in [0.29, 0.717) is 5.92 Å². The first-order valence-corrected chi connectivity index (χ1v) is 3.15. The van der Waals surface area contributed by atoms with Gasteiger partial charge in [0.05, 0.1) is 6.17 Å². The van der Waals surface area contributed by atoms with Gasteiger partial charge in [-0.2, -0.15) is 0 Å². The van der Waals surface area contributed by atoms with Crippen LogP contribution in [0.5, 0.6) is 0 Å². The Labute approximate surface area is 55.2 Å². The molecule has 0 heterocycles. The predicted octanol–water partition coefficient (Wildman–Crippen LogP) is 0.362. The summed E-state index contributed by atoms with van der Waals surface area (Å²) < 4.78 is 0. The molecule has 9 heavy (non-hydrogen) atoms. The second-order valence-corrected chi connectivity index (χ2v) is 2.29. The zero-order chi connectivity index (χ0) is 6.69. The van der Waals surface area contributed by atoms with Crippen LogP contribution in [0.1, 0.15) is 6.42 Å². The number of nitrogens with two attached hydrogens (primary N) is 2. The van der Waals surface area contributed by atoms with Crippen molar-refractivity contribution in [2.45, 2.75) is 12.6 Å². The Kier molecular flexibility index (Phi) is 2.03. The first-order valence-electron chi connectivity index (χ1n) is 3.15. The van der Waals surface area contributed by atoms with Crippen LogP contribution in [0.2, 0.25) is 0 Å². The second-order valence-electron chi connectivity index (χ2n) is 2.29. The first kappa shape index (κ1) is 6.52. The highest BCUT2D eigenvalue weighted by molar-refractivity contribution is 5.11. The summed E-state index contributed by atoms with van der Waals surface area (Å²) in [4.78, 5) is 0. The van der Waals surface area contributed by atoms with Gasteiger partial charge in [0.25, 0.3) is 0 Å². The van der Waals surface area contributed by atoms with Crippen LogP contribution in [0, 0.1) is 5.92 Å². The Hall–Kier alpha value is -0.600. The summed E-state index contributed by atoms with van der Waals surface area (Å²) in [5.41, 5.74) is 10.9. The molecule has 0 saturated carbocycles. The number of rotatable bonds is 1. The molecule has 0 aromatic carbocycles. The van der Waals surface area contributed by atoms with Crippen molar-refractivity contribution in [3.63, 3.8) is 0 Å². The Morgan fingerprint density at radius 1 is 1.33 bits per heavy atom. The van der Waals surface area contributed by atoms with Crippen molar-refractivity contribution >= 4 is 0 Å². The number of allylic oxidation sites excluding steroid dienone is 3. The highest BCUT2D eigenvalue weighted by Gasteiger charge is 2.09. The van der Waals surface area contributed by atoms with Gasteiger partial charge in [0, 0.05) is 5.92 Å². The highest BCUT2D eigenvalue weighted by Crippen LogP contribution is 2.11. The molecule has 0 aromatic heterocycles. The van der Waals surface area contributed by atoms with Crippen LogP contribution in [-0.2, 0) is 0 Å². The van der Waals surface area contributed by atoms with E-state index in [9.17, 15) is 0 Å². The van der Waals surface area contributed by atoms with Gasteiger partial charge in [0.1, 0.15) is 0 Å². The maximum atomic E-state index is 5.46. The molecule has 2 nitrogen and oxygen atoms in total. The van der Waals surface area contributed by atoms with Crippen LogP contribution < -0.4 is 11.5 Å². The van der Waals surface area contributed by atoms with Crippen molar-refractivity contribution in [1.29, 1.82) is 0 Å². The van der Waals surface area contributed by atoms with E-state index in [1.807, 2.05) is 18.2 Å². The molecule has 4 N–H and O–H groups in total. The predicted molar refractivity (Wildman–Crippen MR) is 38.5 cm³/mol. The van der Waals surface area contributed by atoms with Crippen LogP contribution in [-0.4, -0.2) is 6.17 Å². The average molecular weight is 124 g/mol. The minimum absolute atomic E-state index is 0.203. The molecular weight excluding hydrogens is 112 g/mol. The first-order chi connectivity index (χ1) is 4.30. The fourth-order valence-electron chi connectivity index (χ4n) is 0.885. The minimum Gasteiger partial charge on any atom is -0.316 e. The molecule has 1 unspecified atom stereocenters. The van der Waals surface area contributed by atoms with Crippen LogP contribution in [0.3, 0.4) is 0 Å². The fraction of sp³-hybridized carbons (Fsp3) is 0.429. The summed E-state index contributed by atoms with van der Waals surface area (Å²) in [7, 11) is 0. The summed E-state index contributed by atoms with van der Waals surface area (Å²) in [6, 6.07) is 0. The van der Waals surface area contributed by atoms with Gasteiger partial charge in [-0.05, 0) is 6.42 Å². The van der Waals surface area contributed by atoms with Crippen molar-refractivity contribution in [1.82, 2.24) is 0 Å². The normalized spacial score (nSPS) is 25.4. The standard InChI is InChI=1S/C7H12N2/c8-7(9)6-4-2-1-3-5-6/h1-4,6-7H,5,8-9H2. The maximum absolute atomic E-state index is 5.46. The average Bonchev–Trinajstić information content (AvgIpc) is 1.90. The molecule has 2 heteroatoms. The molecule has 0 fully saturated rings.